The summed E-state index contributed by atoms with van der Waals surface area (Å²) in [4.78, 5) is 9.35. The molecule has 54 heavy (non-hydrogen) atoms. The summed E-state index contributed by atoms with van der Waals surface area (Å²) in [6.07, 6.45) is -11.5. The van der Waals surface area contributed by atoms with Crippen molar-refractivity contribution in [2.45, 2.75) is 31.6 Å². The van der Waals surface area contributed by atoms with Crippen molar-refractivity contribution in [2.75, 3.05) is 0 Å². The first-order valence-electron chi connectivity index (χ1n) is 17.2. The molecule has 0 saturated carbocycles. The molecule has 0 aliphatic heterocycles. The molecule has 0 aliphatic rings. The van der Waals surface area contributed by atoms with E-state index in [4.69, 9.17) is 0 Å². The third-order valence-corrected chi connectivity index (χ3v) is 9.93. The molecule has 0 N–H and O–H groups in total. The number of benzene rings is 6. The van der Waals surface area contributed by atoms with Gasteiger partial charge in [0.15, 0.2) is 5.82 Å². The van der Waals surface area contributed by atoms with Crippen LogP contribution in [0.5, 0.6) is 0 Å². The second-order valence-corrected chi connectivity index (χ2v) is 13.4. The number of fused-ring (bicyclic) bond motifs is 3. The quantitative estimate of drug-likeness (QED) is 0.160. The van der Waals surface area contributed by atoms with Crippen LogP contribution in [0.4, 0.5) is 26.3 Å². The van der Waals surface area contributed by atoms with E-state index in [-0.39, 0.29) is 11.4 Å². The summed E-state index contributed by atoms with van der Waals surface area (Å²) in [7, 11) is 0. The van der Waals surface area contributed by atoms with Crippen molar-refractivity contribution in [3.05, 3.63) is 174 Å². The molecular formula is C45H31F6N3. The lowest BCUT2D eigenvalue weighted by Crippen LogP contribution is -2.54. The zero-order chi connectivity index (χ0) is 37.8. The average molecular weight is 728 g/mol. The predicted molar refractivity (Wildman–Crippen MR) is 201 cm³/mol. The van der Waals surface area contributed by atoms with Crippen LogP contribution in [0.1, 0.15) is 22.3 Å². The smallest absolute Gasteiger partial charge is 0.309 e. The van der Waals surface area contributed by atoms with Crippen molar-refractivity contribution < 1.29 is 26.3 Å². The van der Waals surface area contributed by atoms with Gasteiger partial charge in [0.1, 0.15) is 0 Å². The first-order valence-corrected chi connectivity index (χ1v) is 17.2. The first-order chi connectivity index (χ1) is 25.8. The van der Waals surface area contributed by atoms with Gasteiger partial charge in [-0.05, 0) is 67.4 Å². The van der Waals surface area contributed by atoms with E-state index in [1.807, 2.05) is 115 Å². The Balaban J connectivity index is 1.25. The Hall–Kier alpha value is -6.22. The van der Waals surface area contributed by atoms with Gasteiger partial charge in [0.2, 0.25) is 5.41 Å². The fraction of sp³-hybridized carbons (Fsp3) is 0.111. The van der Waals surface area contributed by atoms with Crippen LogP contribution in [0.2, 0.25) is 0 Å². The van der Waals surface area contributed by atoms with Gasteiger partial charge in [-0.15, -0.1) is 0 Å². The summed E-state index contributed by atoms with van der Waals surface area (Å²) in [5, 5.41) is 1.87. The lowest BCUT2D eigenvalue weighted by molar-refractivity contribution is -0.288. The number of aryl methyl sites for hydroxylation is 2. The monoisotopic (exact) mass is 727 g/mol. The van der Waals surface area contributed by atoms with E-state index in [0.717, 1.165) is 68.3 Å². The molecule has 0 atom stereocenters. The van der Waals surface area contributed by atoms with Crippen molar-refractivity contribution in [2.24, 2.45) is 0 Å². The van der Waals surface area contributed by atoms with E-state index in [9.17, 15) is 0 Å². The second-order valence-electron chi connectivity index (χ2n) is 13.4. The average Bonchev–Trinajstić information content (AvgIpc) is 3.47. The molecule has 0 fully saturated rings. The van der Waals surface area contributed by atoms with Crippen molar-refractivity contribution in [1.82, 2.24) is 14.5 Å². The van der Waals surface area contributed by atoms with Gasteiger partial charge in [-0.25, -0.2) is 9.97 Å². The zero-order valence-electron chi connectivity index (χ0n) is 29.0. The number of alkyl halides is 6. The standard InChI is InChI=1S/C45H31F6N3/c1-28-13-23-40-36(25-28)37-26-29(2)14-24-41(37)54(40)35-21-19-34(20-22-35)43(44(46,47)48,45(49,50)51)33-17-15-32(16-18-33)42-52-38(30-9-5-3-6-10-30)27-39(53-42)31-11-7-4-8-12-31/h3-27H,1-2H3. The second kappa shape index (κ2) is 13.0. The molecule has 0 saturated heterocycles. The van der Waals surface area contributed by atoms with Gasteiger partial charge in [-0.2, -0.15) is 26.3 Å². The first kappa shape index (κ1) is 34.8. The largest absolute Gasteiger partial charge is 0.411 e. The van der Waals surface area contributed by atoms with Crippen molar-refractivity contribution in [3.63, 3.8) is 0 Å². The molecule has 8 rings (SSSR count). The fourth-order valence-corrected chi connectivity index (χ4v) is 7.33. The third-order valence-electron chi connectivity index (χ3n) is 9.93. The van der Waals surface area contributed by atoms with Gasteiger partial charge in [0, 0.05) is 33.2 Å². The maximum atomic E-state index is 15.3. The van der Waals surface area contributed by atoms with Crippen LogP contribution in [-0.2, 0) is 5.41 Å². The highest BCUT2D eigenvalue weighted by molar-refractivity contribution is 6.09. The van der Waals surface area contributed by atoms with Crippen LogP contribution >= 0.6 is 0 Å². The summed E-state index contributed by atoms with van der Waals surface area (Å²) < 4.78 is 93.4. The van der Waals surface area contributed by atoms with Gasteiger partial charge in [0.25, 0.3) is 0 Å². The Labute approximate surface area is 307 Å². The molecule has 0 radical (unpaired) electrons. The molecule has 2 heterocycles. The fourth-order valence-electron chi connectivity index (χ4n) is 7.33. The summed E-state index contributed by atoms with van der Waals surface area (Å²) in [5.74, 6) is 0.160. The van der Waals surface area contributed by atoms with Crippen LogP contribution in [0.3, 0.4) is 0 Å². The lowest BCUT2D eigenvalue weighted by atomic mass is 9.72. The predicted octanol–water partition coefficient (Wildman–Crippen LogP) is 12.6. The Morgan fingerprint density at radius 1 is 0.444 bits per heavy atom. The summed E-state index contributed by atoms with van der Waals surface area (Å²) in [5.41, 5.74) is 0.743. The normalized spacial score (nSPS) is 12.4. The Morgan fingerprint density at radius 2 is 0.870 bits per heavy atom. The number of rotatable bonds is 6. The van der Waals surface area contributed by atoms with Crippen LogP contribution in [0.25, 0.3) is 61.4 Å². The topological polar surface area (TPSA) is 30.7 Å². The Kier molecular flexibility index (Phi) is 8.40. The van der Waals surface area contributed by atoms with Crippen LogP contribution in [0.15, 0.2) is 152 Å². The molecule has 0 bridgehead atoms. The molecule has 0 unspecified atom stereocenters. The van der Waals surface area contributed by atoms with Gasteiger partial charge in [-0.3, -0.25) is 0 Å². The Morgan fingerprint density at radius 3 is 1.30 bits per heavy atom. The van der Waals surface area contributed by atoms with Gasteiger partial charge in [-0.1, -0.05) is 120 Å². The Bertz CT molecular complexity index is 2490. The minimum atomic E-state index is -5.75. The number of nitrogens with zero attached hydrogens (tertiary/aromatic N) is 3. The third kappa shape index (κ3) is 5.80. The van der Waals surface area contributed by atoms with Gasteiger partial charge < -0.3 is 4.57 Å². The maximum absolute atomic E-state index is 15.3. The SMILES string of the molecule is Cc1ccc2c(c1)c1cc(C)ccc1n2-c1ccc(C(c2ccc(-c3nc(-c4ccccc4)cc(-c4ccccc4)n3)cc2)(C(F)(F)F)C(F)(F)F)cc1. The van der Waals surface area contributed by atoms with Gasteiger partial charge >= 0.3 is 12.4 Å². The lowest BCUT2D eigenvalue weighted by Gasteiger charge is -2.38. The minimum Gasteiger partial charge on any atom is -0.309 e. The summed E-state index contributed by atoms with van der Waals surface area (Å²) >= 11 is 0. The molecular weight excluding hydrogens is 697 g/mol. The number of hydrogen-bond donors (Lipinski definition) is 0. The maximum Gasteiger partial charge on any atom is 0.411 e. The van der Waals surface area contributed by atoms with Crippen LogP contribution in [-0.4, -0.2) is 26.9 Å². The van der Waals surface area contributed by atoms with E-state index in [2.05, 4.69) is 9.97 Å². The molecule has 268 valence electrons. The van der Waals surface area contributed by atoms with E-state index in [1.165, 1.54) is 24.3 Å². The molecule has 8 aromatic rings. The van der Waals surface area contributed by atoms with E-state index >= 15 is 26.3 Å². The van der Waals surface area contributed by atoms with Crippen molar-refractivity contribution in [1.29, 1.82) is 0 Å². The highest BCUT2D eigenvalue weighted by atomic mass is 19.4. The summed E-state index contributed by atoms with van der Waals surface area (Å²) in [6, 6.07) is 40.8. The molecule has 3 nitrogen and oxygen atoms in total. The highest BCUT2D eigenvalue weighted by Gasteiger charge is 2.72. The molecule has 0 amide bonds. The molecule has 0 aliphatic carbocycles. The van der Waals surface area contributed by atoms with E-state index < -0.39 is 28.9 Å². The van der Waals surface area contributed by atoms with Crippen LogP contribution in [0, 0.1) is 13.8 Å². The molecule has 0 spiro atoms. The number of hydrogen-bond acceptors (Lipinski definition) is 2. The van der Waals surface area contributed by atoms with Crippen molar-refractivity contribution >= 4 is 21.8 Å². The zero-order valence-corrected chi connectivity index (χ0v) is 29.0. The summed E-state index contributed by atoms with van der Waals surface area (Å²) in [6.45, 7) is 3.93. The van der Waals surface area contributed by atoms with E-state index in [0.29, 0.717) is 17.1 Å². The van der Waals surface area contributed by atoms with E-state index in [1.54, 1.807) is 6.07 Å². The molecule has 2 aromatic heterocycles. The molecule has 6 aromatic carbocycles. The van der Waals surface area contributed by atoms with Crippen molar-refractivity contribution in [3.8, 4) is 39.6 Å². The highest BCUT2D eigenvalue weighted by Crippen LogP contribution is 2.56. The van der Waals surface area contributed by atoms with Gasteiger partial charge in [0.05, 0.1) is 22.4 Å². The number of aromatic nitrogens is 3. The molecule has 9 heteroatoms. The minimum absolute atomic E-state index is 0.160. The number of halogens is 6. The van der Waals surface area contributed by atoms with Crippen LogP contribution < -0.4 is 0 Å².